The van der Waals surface area contributed by atoms with Crippen molar-refractivity contribution in [3.05, 3.63) is 42.0 Å². The molecule has 8 nitrogen and oxygen atoms in total. The Hall–Kier alpha value is -3.42. The Bertz CT molecular complexity index is 1070. The van der Waals surface area contributed by atoms with Crippen LogP contribution in [-0.2, 0) is 14.4 Å². The number of nitrogens with zero attached hydrogens (tertiary/aromatic N) is 2. The van der Waals surface area contributed by atoms with Gasteiger partial charge in [-0.05, 0) is 42.2 Å². The van der Waals surface area contributed by atoms with Gasteiger partial charge in [-0.2, -0.15) is 0 Å². The third kappa shape index (κ3) is 5.32. The first-order valence-electron chi connectivity index (χ1n) is 11.3. The highest BCUT2D eigenvalue weighted by atomic mass is 16.2. The van der Waals surface area contributed by atoms with Crippen molar-refractivity contribution in [2.45, 2.75) is 45.1 Å². The van der Waals surface area contributed by atoms with Crippen molar-refractivity contribution in [3.63, 3.8) is 0 Å². The minimum Gasteiger partial charge on any atom is -0.347 e. The molecule has 0 aromatic heterocycles. The van der Waals surface area contributed by atoms with Crippen molar-refractivity contribution in [1.82, 2.24) is 15.1 Å². The van der Waals surface area contributed by atoms with Crippen LogP contribution in [0.15, 0.2) is 36.4 Å². The fourth-order valence-electron chi connectivity index (χ4n) is 4.34. The van der Waals surface area contributed by atoms with Crippen LogP contribution in [0, 0.1) is 0 Å². The highest BCUT2D eigenvalue weighted by Gasteiger charge is 2.44. The molecule has 0 aliphatic carbocycles. The second kappa shape index (κ2) is 10.0. The van der Waals surface area contributed by atoms with E-state index in [2.05, 4.69) is 10.6 Å². The number of rotatable bonds is 6. The number of fused-ring (bicyclic) bond motifs is 1. The van der Waals surface area contributed by atoms with Crippen molar-refractivity contribution in [2.75, 3.05) is 32.5 Å². The van der Waals surface area contributed by atoms with Gasteiger partial charge in [-0.3, -0.25) is 19.2 Å². The summed E-state index contributed by atoms with van der Waals surface area (Å²) in [5.74, 6) is -0.869. The van der Waals surface area contributed by atoms with E-state index in [0.717, 1.165) is 17.2 Å². The van der Waals surface area contributed by atoms with Crippen LogP contribution < -0.4 is 10.6 Å². The zero-order chi connectivity index (χ0) is 24.2. The fraction of sp³-hybridized carbons (Fsp3) is 0.440. The zero-order valence-corrected chi connectivity index (χ0v) is 19.7. The first-order chi connectivity index (χ1) is 15.7. The molecule has 1 aliphatic rings. The summed E-state index contributed by atoms with van der Waals surface area (Å²) in [4.78, 5) is 54.0. The molecule has 2 aromatic carbocycles. The van der Waals surface area contributed by atoms with E-state index in [1.165, 1.54) is 11.8 Å². The third-order valence-corrected chi connectivity index (χ3v) is 6.04. The molecule has 1 heterocycles. The molecule has 0 atom stereocenters. The molecule has 2 aromatic rings. The number of likely N-dealkylation sites (N-methyl/N-ethyl adjacent to an activating group) is 1. The average Bonchev–Trinajstić information content (AvgIpc) is 2.78. The number of amides is 4. The Balaban J connectivity index is 1.93. The number of benzene rings is 2. The van der Waals surface area contributed by atoms with Gasteiger partial charge in [0.05, 0.1) is 11.3 Å². The van der Waals surface area contributed by atoms with Crippen LogP contribution in [0.2, 0.25) is 0 Å². The Morgan fingerprint density at radius 1 is 1.03 bits per heavy atom. The normalized spacial score (nSPS) is 15.1. The second-order valence-corrected chi connectivity index (χ2v) is 8.79. The molecule has 8 heteroatoms. The molecule has 0 radical (unpaired) electrons. The summed E-state index contributed by atoms with van der Waals surface area (Å²) in [6.07, 6.45) is 1.89. The SMILES string of the molecule is CCCC(=O)N1CCC(NC(=O)c2cc3ccccc3cc2NC(C)=O)(C(=O)N(C)C)CC1. The molecule has 1 aliphatic heterocycles. The first kappa shape index (κ1) is 24.2. The lowest BCUT2D eigenvalue weighted by Crippen LogP contribution is -2.63. The third-order valence-electron chi connectivity index (χ3n) is 6.04. The summed E-state index contributed by atoms with van der Waals surface area (Å²) in [6.45, 7) is 4.14. The minimum atomic E-state index is -1.12. The number of carbonyl (C=O) groups excluding carboxylic acids is 4. The van der Waals surface area contributed by atoms with Gasteiger partial charge in [0.25, 0.3) is 5.91 Å². The molecule has 176 valence electrons. The van der Waals surface area contributed by atoms with Gasteiger partial charge in [-0.25, -0.2) is 0 Å². The van der Waals surface area contributed by atoms with E-state index in [4.69, 9.17) is 0 Å². The van der Waals surface area contributed by atoms with Gasteiger partial charge in [0.1, 0.15) is 5.54 Å². The molecule has 4 amide bonds. The van der Waals surface area contributed by atoms with E-state index in [0.29, 0.717) is 43.6 Å². The summed E-state index contributed by atoms with van der Waals surface area (Å²) in [5.41, 5.74) is -0.441. The van der Waals surface area contributed by atoms with Crippen LogP contribution in [0.1, 0.15) is 49.9 Å². The number of likely N-dealkylation sites (tertiary alicyclic amines) is 1. The van der Waals surface area contributed by atoms with Crippen molar-refractivity contribution < 1.29 is 19.2 Å². The highest BCUT2D eigenvalue weighted by Crippen LogP contribution is 2.29. The fourth-order valence-corrected chi connectivity index (χ4v) is 4.34. The standard InChI is InChI=1S/C25H32N4O4/c1-5-8-22(31)29-13-11-25(12-14-29,24(33)28(3)4)27-23(32)20-15-18-9-6-7-10-19(18)16-21(20)26-17(2)30/h6-7,9-10,15-16H,5,8,11-14H2,1-4H3,(H,26,30)(H,27,32). The number of nitrogens with one attached hydrogen (secondary N) is 2. The largest absolute Gasteiger partial charge is 0.347 e. The summed E-state index contributed by atoms with van der Waals surface area (Å²) in [7, 11) is 3.31. The average molecular weight is 453 g/mol. The molecular formula is C25H32N4O4. The Labute approximate surface area is 194 Å². The summed E-state index contributed by atoms with van der Waals surface area (Å²) < 4.78 is 0. The molecule has 0 unspecified atom stereocenters. The minimum absolute atomic E-state index is 0.0669. The number of hydrogen-bond donors (Lipinski definition) is 2. The molecule has 0 saturated carbocycles. The van der Waals surface area contributed by atoms with Crippen molar-refractivity contribution >= 4 is 40.1 Å². The lowest BCUT2D eigenvalue weighted by molar-refractivity contribution is -0.141. The van der Waals surface area contributed by atoms with Crippen molar-refractivity contribution in [1.29, 1.82) is 0 Å². The lowest BCUT2D eigenvalue weighted by atomic mass is 9.85. The Morgan fingerprint density at radius 2 is 1.64 bits per heavy atom. The topological polar surface area (TPSA) is 98.8 Å². The van der Waals surface area contributed by atoms with E-state index in [9.17, 15) is 19.2 Å². The number of hydrogen-bond acceptors (Lipinski definition) is 4. The summed E-state index contributed by atoms with van der Waals surface area (Å²) >= 11 is 0. The van der Waals surface area contributed by atoms with Gasteiger partial charge < -0.3 is 20.4 Å². The predicted molar refractivity (Wildman–Crippen MR) is 128 cm³/mol. The van der Waals surface area contributed by atoms with E-state index in [1.807, 2.05) is 31.2 Å². The van der Waals surface area contributed by atoms with Gasteiger partial charge >= 0.3 is 0 Å². The first-order valence-corrected chi connectivity index (χ1v) is 11.3. The zero-order valence-electron chi connectivity index (χ0n) is 19.7. The molecule has 33 heavy (non-hydrogen) atoms. The maximum Gasteiger partial charge on any atom is 0.254 e. The number of carbonyl (C=O) groups is 4. The van der Waals surface area contributed by atoms with Crippen molar-refractivity contribution in [2.24, 2.45) is 0 Å². The van der Waals surface area contributed by atoms with Crippen LogP contribution in [0.4, 0.5) is 5.69 Å². The van der Waals surface area contributed by atoms with Crippen LogP contribution in [0.3, 0.4) is 0 Å². The highest BCUT2D eigenvalue weighted by molar-refractivity contribution is 6.09. The maximum atomic E-state index is 13.5. The molecule has 3 rings (SSSR count). The molecule has 2 N–H and O–H groups in total. The van der Waals surface area contributed by atoms with Gasteiger partial charge in [-0.15, -0.1) is 0 Å². The molecule has 0 spiro atoms. The van der Waals surface area contributed by atoms with Crippen molar-refractivity contribution in [3.8, 4) is 0 Å². The van der Waals surface area contributed by atoms with Gasteiger partial charge in [-0.1, -0.05) is 31.2 Å². The lowest BCUT2D eigenvalue weighted by Gasteiger charge is -2.42. The van der Waals surface area contributed by atoms with Crippen LogP contribution >= 0.6 is 0 Å². The van der Waals surface area contributed by atoms with E-state index < -0.39 is 11.4 Å². The smallest absolute Gasteiger partial charge is 0.254 e. The molecular weight excluding hydrogens is 420 g/mol. The number of piperidine rings is 1. The molecule has 0 bridgehead atoms. The van der Waals surface area contributed by atoms with E-state index >= 15 is 0 Å². The van der Waals surface area contributed by atoms with Gasteiger partial charge in [0.15, 0.2) is 0 Å². The molecule has 1 fully saturated rings. The predicted octanol–water partition coefficient (Wildman–Crippen LogP) is 2.78. The van der Waals surface area contributed by atoms with Gasteiger partial charge in [0, 0.05) is 40.5 Å². The maximum absolute atomic E-state index is 13.5. The summed E-state index contributed by atoms with van der Waals surface area (Å²) in [6, 6.07) is 11.0. The van der Waals surface area contributed by atoms with E-state index in [-0.39, 0.29) is 17.7 Å². The van der Waals surface area contributed by atoms with Crippen LogP contribution in [-0.4, -0.2) is 66.2 Å². The Kier molecular flexibility index (Phi) is 7.36. The summed E-state index contributed by atoms with van der Waals surface area (Å²) in [5, 5.41) is 7.46. The van der Waals surface area contributed by atoms with Crippen LogP contribution in [0.5, 0.6) is 0 Å². The molecule has 1 saturated heterocycles. The van der Waals surface area contributed by atoms with E-state index in [1.54, 1.807) is 31.1 Å². The monoisotopic (exact) mass is 452 g/mol. The second-order valence-electron chi connectivity index (χ2n) is 8.79. The van der Waals surface area contributed by atoms with Gasteiger partial charge in [0.2, 0.25) is 17.7 Å². The Morgan fingerprint density at radius 3 is 2.18 bits per heavy atom. The number of anilines is 1. The quantitative estimate of drug-likeness (QED) is 0.704. The van der Waals surface area contributed by atoms with Crippen LogP contribution in [0.25, 0.3) is 10.8 Å².